The molecule has 3 heteroatoms. The molecule has 0 amide bonds. The Morgan fingerprint density at radius 3 is 2.62 bits per heavy atom. The van der Waals surface area contributed by atoms with E-state index in [1.54, 1.807) is 0 Å². The summed E-state index contributed by atoms with van der Waals surface area (Å²) in [5.74, 6) is 0. The highest BCUT2D eigenvalue weighted by atomic mass is 35.5. The Bertz CT molecular complexity index is 894. The van der Waals surface area contributed by atoms with Gasteiger partial charge < -0.3 is 5.11 Å². The van der Waals surface area contributed by atoms with Crippen LogP contribution in [0.4, 0.5) is 0 Å². The van der Waals surface area contributed by atoms with Gasteiger partial charge in [-0.1, -0.05) is 54.1 Å². The molecule has 1 aromatic heterocycles. The Balaban J connectivity index is 1.84. The maximum absolute atomic E-state index is 9.95. The van der Waals surface area contributed by atoms with Crippen LogP contribution in [0.25, 0.3) is 23.1 Å². The van der Waals surface area contributed by atoms with Gasteiger partial charge in [-0.25, -0.2) is 4.98 Å². The van der Waals surface area contributed by atoms with Crippen molar-refractivity contribution in [3.63, 3.8) is 0 Å². The molecule has 0 fully saturated rings. The quantitative estimate of drug-likeness (QED) is 0.694. The standard InChI is InChI=1S/C21H20ClNO/c1-21(2,24)14-16-5-3-4-15(12-16)6-10-19-11-8-17-7-9-18(22)13-20(17)23-19/h3-13,24H,14H2,1-2H3. The van der Waals surface area contributed by atoms with Crippen LogP contribution in [0.2, 0.25) is 5.02 Å². The van der Waals surface area contributed by atoms with Gasteiger partial charge in [0.1, 0.15) is 0 Å². The molecule has 2 nitrogen and oxygen atoms in total. The van der Waals surface area contributed by atoms with Gasteiger partial charge in [0.15, 0.2) is 0 Å². The normalized spacial score (nSPS) is 12.2. The van der Waals surface area contributed by atoms with Crippen molar-refractivity contribution in [1.82, 2.24) is 4.98 Å². The molecule has 1 heterocycles. The second-order valence-electron chi connectivity index (χ2n) is 6.64. The Kier molecular flexibility index (Phi) is 4.70. The van der Waals surface area contributed by atoms with Gasteiger partial charge in [-0.2, -0.15) is 0 Å². The minimum Gasteiger partial charge on any atom is -0.390 e. The minimum atomic E-state index is -0.707. The van der Waals surface area contributed by atoms with E-state index in [9.17, 15) is 5.11 Å². The predicted molar refractivity (Wildman–Crippen MR) is 102 cm³/mol. The molecule has 2 aromatic carbocycles. The third kappa shape index (κ3) is 4.44. The first-order valence-electron chi connectivity index (χ1n) is 7.95. The van der Waals surface area contributed by atoms with Crippen molar-refractivity contribution in [1.29, 1.82) is 0 Å². The molecule has 0 aliphatic rings. The van der Waals surface area contributed by atoms with Crippen molar-refractivity contribution in [2.75, 3.05) is 0 Å². The Morgan fingerprint density at radius 2 is 1.83 bits per heavy atom. The number of hydrogen-bond acceptors (Lipinski definition) is 2. The summed E-state index contributed by atoms with van der Waals surface area (Å²) in [7, 11) is 0. The van der Waals surface area contributed by atoms with Crippen LogP contribution in [0.15, 0.2) is 54.6 Å². The van der Waals surface area contributed by atoms with E-state index >= 15 is 0 Å². The van der Waals surface area contributed by atoms with Crippen LogP contribution < -0.4 is 0 Å². The molecule has 24 heavy (non-hydrogen) atoms. The highest BCUT2D eigenvalue weighted by Crippen LogP contribution is 2.19. The van der Waals surface area contributed by atoms with Gasteiger partial charge >= 0.3 is 0 Å². The van der Waals surface area contributed by atoms with Crippen molar-refractivity contribution < 1.29 is 5.11 Å². The molecule has 1 N–H and O–H groups in total. The SMILES string of the molecule is CC(C)(O)Cc1cccc(C=Cc2ccc3ccc(Cl)cc3n2)c1. The van der Waals surface area contributed by atoms with Crippen LogP contribution in [-0.4, -0.2) is 15.7 Å². The molecular formula is C21H20ClNO. The van der Waals surface area contributed by atoms with Gasteiger partial charge in [-0.05, 0) is 49.2 Å². The van der Waals surface area contributed by atoms with Gasteiger partial charge in [0.2, 0.25) is 0 Å². The molecule has 0 saturated carbocycles. The Labute approximate surface area is 147 Å². The number of halogens is 1. The lowest BCUT2D eigenvalue weighted by atomic mass is 9.97. The van der Waals surface area contributed by atoms with Crippen molar-refractivity contribution in [3.05, 3.63) is 76.4 Å². The van der Waals surface area contributed by atoms with Gasteiger partial charge in [-0.15, -0.1) is 0 Å². The topological polar surface area (TPSA) is 33.1 Å². The zero-order valence-electron chi connectivity index (χ0n) is 13.8. The summed E-state index contributed by atoms with van der Waals surface area (Å²) in [5.41, 5.74) is 3.27. The monoisotopic (exact) mass is 337 g/mol. The second kappa shape index (κ2) is 6.76. The third-order valence-electron chi connectivity index (χ3n) is 3.71. The number of pyridine rings is 1. The molecular weight excluding hydrogens is 318 g/mol. The first-order valence-corrected chi connectivity index (χ1v) is 8.33. The van der Waals surface area contributed by atoms with Crippen LogP contribution in [0.5, 0.6) is 0 Å². The van der Waals surface area contributed by atoms with Gasteiger partial charge in [-0.3, -0.25) is 0 Å². The minimum absolute atomic E-state index is 0.626. The lowest BCUT2D eigenvalue weighted by Gasteiger charge is -2.17. The second-order valence-corrected chi connectivity index (χ2v) is 7.08. The predicted octanol–water partition coefficient (Wildman–Crippen LogP) is 5.37. The molecule has 0 aliphatic carbocycles. The van der Waals surface area contributed by atoms with Crippen LogP contribution in [0, 0.1) is 0 Å². The first kappa shape index (κ1) is 16.7. The van der Waals surface area contributed by atoms with E-state index in [1.165, 1.54) is 0 Å². The zero-order chi connectivity index (χ0) is 17.2. The summed E-state index contributed by atoms with van der Waals surface area (Å²) in [4.78, 5) is 4.62. The summed E-state index contributed by atoms with van der Waals surface area (Å²) in [6, 6.07) is 17.9. The van der Waals surface area contributed by atoms with E-state index in [2.05, 4.69) is 11.1 Å². The summed E-state index contributed by atoms with van der Waals surface area (Å²) in [6.45, 7) is 3.64. The lowest BCUT2D eigenvalue weighted by molar-refractivity contribution is 0.0810. The molecule has 122 valence electrons. The van der Waals surface area contributed by atoms with E-state index in [-0.39, 0.29) is 0 Å². The average Bonchev–Trinajstić information content (AvgIpc) is 2.51. The number of rotatable bonds is 4. The van der Waals surface area contributed by atoms with Gasteiger partial charge in [0.25, 0.3) is 0 Å². The fourth-order valence-corrected chi connectivity index (χ4v) is 2.85. The number of fused-ring (bicyclic) bond motifs is 1. The summed E-state index contributed by atoms with van der Waals surface area (Å²) in [5, 5.41) is 11.7. The maximum atomic E-state index is 9.95. The number of aromatic nitrogens is 1. The first-order chi connectivity index (χ1) is 11.4. The van der Waals surface area contributed by atoms with Crippen LogP contribution >= 0.6 is 11.6 Å². The van der Waals surface area contributed by atoms with Crippen LogP contribution in [0.1, 0.15) is 30.7 Å². The van der Waals surface area contributed by atoms with E-state index < -0.39 is 5.60 Å². The molecule has 0 atom stereocenters. The average molecular weight is 338 g/mol. The van der Waals surface area contributed by atoms with Crippen LogP contribution in [-0.2, 0) is 6.42 Å². The largest absolute Gasteiger partial charge is 0.390 e. The Morgan fingerprint density at radius 1 is 1.04 bits per heavy atom. The van der Waals surface area contributed by atoms with Crippen molar-refractivity contribution >= 4 is 34.7 Å². The van der Waals surface area contributed by atoms with E-state index in [0.717, 1.165) is 27.7 Å². The third-order valence-corrected chi connectivity index (χ3v) is 3.95. The van der Waals surface area contributed by atoms with Crippen molar-refractivity contribution in [2.24, 2.45) is 0 Å². The number of aliphatic hydroxyl groups is 1. The molecule has 0 radical (unpaired) electrons. The lowest BCUT2D eigenvalue weighted by Crippen LogP contribution is -2.21. The maximum Gasteiger partial charge on any atom is 0.0724 e. The van der Waals surface area contributed by atoms with Crippen molar-refractivity contribution in [2.45, 2.75) is 25.9 Å². The number of hydrogen-bond donors (Lipinski definition) is 1. The highest BCUT2D eigenvalue weighted by molar-refractivity contribution is 6.31. The molecule has 0 bridgehead atoms. The fourth-order valence-electron chi connectivity index (χ4n) is 2.69. The number of benzene rings is 2. The molecule has 0 saturated heterocycles. The smallest absolute Gasteiger partial charge is 0.0724 e. The van der Waals surface area contributed by atoms with Crippen molar-refractivity contribution in [3.8, 4) is 0 Å². The highest BCUT2D eigenvalue weighted by Gasteiger charge is 2.13. The number of nitrogens with zero attached hydrogens (tertiary/aromatic N) is 1. The van der Waals surface area contributed by atoms with Gasteiger partial charge in [0, 0.05) is 16.8 Å². The van der Waals surface area contributed by atoms with E-state index in [4.69, 9.17) is 11.6 Å². The van der Waals surface area contributed by atoms with Crippen LogP contribution in [0.3, 0.4) is 0 Å². The fraction of sp³-hybridized carbons (Fsp3) is 0.190. The summed E-state index contributed by atoms with van der Waals surface area (Å²) < 4.78 is 0. The van der Waals surface area contributed by atoms with E-state index in [0.29, 0.717) is 11.4 Å². The molecule has 3 aromatic rings. The molecule has 0 spiro atoms. The molecule has 3 rings (SSSR count). The van der Waals surface area contributed by atoms with E-state index in [1.807, 2.05) is 74.5 Å². The zero-order valence-corrected chi connectivity index (χ0v) is 14.6. The molecule has 0 aliphatic heterocycles. The molecule has 0 unspecified atom stereocenters. The van der Waals surface area contributed by atoms with Gasteiger partial charge in [0.05, 0.1) is 16.8 Å². The summed E-state index contributed by atoms with van der Waals surface area (Å²) in [6.07, 6.45) is 4.65. The summed E-state index contributed by atoms with van der Waals surface area (Å²) >= 11 is 6.04. The Hall–Kier alpha value is -2.16.